The van der Waals surface area contributed by atoms with Gasteiger partial charge < -0.3 is 10.2 Å². The molecule has 1 aromatic carbocycles. The van der Waals surface area contributed by atoms with Crippen molar-refractivity contribution < 1.29 is 0 Å². The molecular formula is C18H24N2S. The summed E-state index contributed by atoms with van der Waals surface area (Å²) in [6, 6.07) is 10.3. The second-order valence-corrected chi connectivity index (χ2v) is 7.88. The molecule has 4 aliphatic carbocycles. The summed E-state index contributed by atoms with van der Waals surface area (Å²) in [5, 5.41) is 4.32. The first kappa shape index (κ1) is 13.6. The van der Waals surface area contributed by atoms with Crippen LogP contribution in [0.1, 0.15) is 38.5 Å². The minimum Gasteiger partial charge on any atom is -0.346 e. The van der Waals surface area contributed by atoms with Crippen molar-refractivity contribution in [2.24, 2.45) is 17.8 Å². The molecule has 21 heavy (non-hydrogen) atoms. The van der Waals surface area contributed by atoms with Crippen LogP contribution in [0.25, 0.3) is 0 Å². The zero-order valence-corrected chi connectivity index (χ0v) is 13.5. The third kappa shape index (κ3) is 2.36. The van der Waals surface area contributed by atoms with Crippen LogP contribution in [0.4, 0.5) is 5.69 Å². The SMILES string of the molecule is CN(C(=S)Nc1ccccc1)C12CC3CC(CC(C3)C1)C2. The maximum Gasteiger partial charge on any atom is 0.173 e. The minimum atomic E-state index is 0.341. The lowest BCUT2D eigenvalue weighted by atomic mass is 9.52. The van der Waals surface area contributed by atoms with Gasteiger partial charge in [-0.2, -0.15) is 0 Å². The van der Waals surface area contributed by atoms with Crippen molar-refractivity contribution in [2.45, 2.75) is 44.1 Å². The van der Waals surface area contributed by atoms with Crippen molar-refractivity contribution in [3.05, 3.63) is 30.3 Å². The molecule has 0 atom stereocenters. The van der Waals surface area contributed by atoms with Gasteiger partial charge in [0.15, 0.2) is 5.11 Å². The second kappa shape index (κ2) is 4.98. The predicted octanol–water partition coefficient (Wildman–Crippen LogP) is 4.28. The first-order chi connectivity index (χ1) is 10.1. The van der Waals surface area contributed by atoms with Crippen LogP contribution in [0.5, 0.6) is 0 Å². The van der Waals surface area contributed by atoms with E-state index in [1.807, 2.05) is 6.07 Å². The lowest BCUT2D eigenvalue weighted by Crippen LogP contribution is -2.60. The molecule has 4 saturated carbocycles. The van der Waals surface area contributed by atoms with E-state index in [0.29, 0.717) is 5.54 Å². The van der Waals surface area contributed by atoms with Gasteiger partial charge in [-0.1, -0.05) is 18.2 Å². The summed E-state index contributed by atoms with van der Waals surface area (Å²) in [6.45, 7) is 0. The van der Waals surface area contributed by atoms with E-state index in [1.54, 1.807) is 0 Å². The van der Waals surface area contributed by atoms with Crippen LogP contribution in [-0.4, -0.2) is 22.6 Å². The number of benzene rings is 1. The van der Waals surface area contributed by atoms with Gasteiger partial charge >= 0.3 is 0 Å². The molecule has 0 unspecified atom stereocenters. The van der Waals surface area contributed by atoms with Gasteiger partial charge in [-0.15, -0.1) is 0 Å². The molecule has 0 radical (unpaired) electrons. The summed E-state index contributed by atoms with van der Waals surface area (Å²) in [5.74, 6) is 2.87. The molecular weight excluding hydrogens is 276 g/mol. The number of para-hydroxylation sites is 1. The van der Waals surface area contributed by atoms with Crippen molar-refractivity contribution in [3.8, 4) is 0 Å². The van der Waals surface area contributed by atoms with E-state index in [0.717, 1.165) is 28.6 Å². The molecule has 1 aromatic rings. The quantitative estimate of drug-likeness (QED) is 0.821. The third-order valence-electron chi connectivity index (χ3n) is 6.05. The Labute approximate surface area is 132 Å². The molecule has 0 aromatic heterocycles. The fraction of sp³-hybridized carbons (Fsp3) is 0.611. The highest BCUT2D eigenvalue weighted by Crippen LogP contribution is 2.57. The molecule has 0 aliphatic heterocycles. The molecule has 0 amide bonds. The van der Waals surface area contributed by atoms with Gasteiger partial charge in [0, 0.05) is 18.3 Å². The first-order valence-electron chi connectivity index (χ1n) is 8.24. The number of nitrogens with zero attached hydrogens (tertiary/aromatic N) is 1. The summed E-state index contributed by atoms with van der Waals surface area (Å²) in [4.78, 5) is 2.40. The van der Waals surface area contributed by atoms with Gasteiger partial charge in [0.1, 0.15) is 0 Å². The second-order valence-electron chi connectivity index (χ2n) is 7.50. The van der Waals surface area contributed by atoms with E-state index >= 15 is 0 Å². The van der Waals surface area contributed by atoms with Crippen molar-refractivity contribution in [3.63, 3.8) is 0 Å². The lowest BCUT2D eigenvalue weighted by Gasteiger charge is -2.60. The topological polar surface area (TPSA) is 15.3 Å². The highest BCUT2D eigenvalue weighted by molar-refractivity contribution is 7.80. The van der Waals surface area contributed by atoms with Crippen LogP contribution in [0.2, 0.25) is 0 Å². The van der Waals surface area contributed by atoms with Crippen LogP contribution in [0.15, 0.2) is 30.3 Å². The van der Waals surface area contributed by atoms with Gasteiger partial charge in [0.05, 0.1) is 0 Å². The number of nitrogens with one attached hydrogen (secondary N) is 1. The van der Waals surface area contributed by atoms with Gasteiger partial charge in [-0.25, -0.2) is 0 Å². The highest BCUT2D eigenvalue weighted by atomic mass is 32.1. The Balaban J connectivity index is 1.51. The number of thiocarbonyl (C=S) groups is 1. The normalized spacial score (nSPS) is 36.5. The monoisotopic (exact) mass is 300 g/mol. The summed E-state index contributed by atoms with van der Waals surface area (Å²) in [5.41, 5.74) is 1.44. The Morgan fingerprint density at radius 1 is 1.05 bits per heavy atom. The molecule has 0 heterocycles. The Bertz CT molecular complexity index is 504. The standard InChI is InChI=1S/C18H24N2S/c1-20(17(21)19-16-5-3-2-4-6-16)18-10-13-7-14(11-18)9-15(8-13)12-18/h2-6,13-15H,7-12H2,1H3,(H,19,21). The van der Waals surface area contributed by atoms with E-state index < -0.39 is 0 Å². The van der Waals surface area contributed by atoms with Crippen molar-refractivity contribution in [2.75, 3.05) is 12.4 Å². The number of hydrogen-bond donors (Lipinski definition) is 1. The zero-order chi connectivity index (χ0) is 14.4. The maximum atomic E-state index is 5.71. The third-order valence-corrected chi connectivity index (χ3v) is 6.42. The average Bonchev–Trinajstić information content (AvgIpc) is 2.46. The fourth-order valence-corrected chi connectivity index (χ4v) is 5.73. The van der Waals surface area contributed by atoms with E-state index in [4.69, 9.17) is 12.2 Å². The molecule has 112 valence electrons. The molecule has 0 saturated heterocycles. The Morgan fingerprint density at radius 2 is 1.57 bits per heavy atom. The van der Waals surface area contributed by atoms with Crippen molar-refractivity contribution in [1.29, 1.82) is 0 Å². The largest absolute Gasteiger partial charge is 0.346 e. The summed E-state index contributed by atoms with van der Waals surface area (Å²) in [6.07, 6.45) is 8.49. The van der Waals surface area contributed by atoms with Gasteiger partial charge in [-0.3, -0.25) is 0 Å². The number of rotatable bonds is 2. The molecule has 0 spiro atoms. The van der Waals surface area contributed by atoms with Gasteiger partial charge in [0.25, 0.3) is 0 Å². The molecule has 3 heteroatoms. The van der Waals surface area contributed by atoms with Crippen LogP contribution in [0, 0.1) is 17.8 Å². The zero-order valence-electron chi connectivity index (χ0n) is 12.7. The molecule has 4 bridgehead atoms. The molecule has 4 aliphatic rings. The van der Waals surface area contributed by atoms with Gasteiger partial charge in [0.2, 0.25) is 0 Å². The number of anilines is 1. The van der Waals surface area contributed by atoms with E-state index in [2.05, 4.69) is 41.5 Å². The van der Waals surface area contributed by atoms with E-state index in [1.165, 1.54) is 38.5 Å². The van der Waals surface area contributed by atoms with Crippen molar-refractivity contribution >= 4 is 23.0 Å². The molecule has 5 rings (SSSR count). The average molecular weight is 300 g/mol. The number of hydrogen-bond acceptors (Lipinski definition) is 1. The lowest BCUT2D eigenvalue weighted by molar-refractivity contribution is -0.0538. The van der Waals surface area contributed by atoms with Gasteiger partial charge in [-0.05, 0) is 80.6 Å². The summed E-state index contributed by atoms with van der Waals surface area (Å²) >= 11 is 5.71. The predicted molar refractivity (Wildman–Crippen MR) is 91.3 cm³/mol. The summed E-state index contributed by atoms with van der Waals surface area (Å²) < 4.78 is 0. The molecule has 4 fully saturated rings. The minimum absolute atomic E-state index is 0.341. The summed E-state index contributed by atoms with van der Waals surface area (Å²) in [7, 11) is 2.21. The van der Waals surface area contributed by atoms with E-state index in [-0.39, 0.29) is 0 Å². The van der Waals surface area contributed by atoms with E-state index in [9.17, 15) is 0 Å². The van der Waals surface area contributed by atoms with Crippen molar-refractivity contribution in [1.82, 2.24) is 4.90 Å². The Kier molecular flexibility index (Phi) is 3.21. The van der Waals surface area contributed by atoms with Crippen LogP contribution < -0.4 is 5.32 Å². The highest BCUT2D eigenvalue weighted by Gasteiger charge is 2.53. The Morgan fingerprint density at radius 3 is 2.10 bits per heavy atom. The van der Waals surface area contributed by atoms with Crippen LogP contribution in [-0.2, 0) is 0 Å². The Hall–Kier alpha value is -1.09. The molecule has 1 N–H and O–H groups in total. The maximum absolute atomic E-state index is 5.71. The fourth-order valence-electron chi connectivity index (χ4n) is 5.42. The van der Waals surface area contributed by atoms with Crippen LogP contribution in [0.3, 0.4) is 0 Å². The molecule has 2 nitrogen and oxygen atoms in total. The van der Waals surface area contributed by atoms with Crippen LogP contribution >= 0.6 is 12.2 Å². The smallest absolute Gasteiger partial charge is 0.173 e. The first-order valence-corrected chi connectivity index (χ1v) is 8.65.